The Balaban J connectivity index is 1.90. The molecule has 1 aliphatic rings. The molecule has 170 valence electrons. The fraction of sp³-hybridized carbons (Fsp3) is 0.208. The number of phenols is 1. The van der Waals surface area contributed by atoms with E-state index in [2.05, 4.69) is 5.16 Å². The normalized spacial score (nSPS) is 17.4. The molecule has 0 saturated carbocycles. The maximum Gasteiger partial charge on any atom is 0.301 e. The monoisotopic (exact) mass is 450 g/mol. The number of ether oxygens (including phenoxy) is 2. The number of methoxy groups -OCH3 is 1. The molecule has 2 N–H and O–H groups in total. The lowest BCUT2D eigenvalue weighted by molar-refractivity contribution is -0.132. The maximum absolute atomic E-state index is 13.1. The Labute approximate surface area is 189 Å². The molecule has 1 saturated heterocycles. The second kappa shape index (κ2) is 8.70. The Hall–Kier alpha value is -4.27. The first-order chi connectivity index (χ1) is 15.8. The van der Waals surface area contributed by atoms with Crippen LogP contribution in [0.15, 0.2) is 58.6 Å². The number of hydrogen-bond donors (Lipinski definition) is 2. The standard InChI is InChI=1S/C24H22N2O7/c1-4-32-16-8-5-14(6-9-16)22(28)20-21(15-7-10-17(27)18(12-15)31-3)26(24(30)23(20)29)19-11-13(2)33-25-19/h5-12,21,27-28H,4H2,1-3H3/t21-/m1/s1. The van der Waals surface area contributed by atoms with Crippen LogP contribution in [0.25, 0.3) is 5.76 Å². The van der Waals surface area contributed by atoms with Gasteiger partial charge in [-0.1, -0.05) is 11.2 Å². The van der Waals surface area contributed by atoms with E-state index >= 15 is 0 Å². The van der Waals surface area contributed by atoms with E-state index in [1.807, 2.05) is 6.92 Å². The van der Waals surface area contributed by atoms with Gasteiger partial charge in [0.2, 0.25) is 0 Å². The number of carbonyl (C=O) groups is 2. The Morgan fingerprint density at radius 3 is 2.48 bits per heavy atom. The quantitative estimate of drug-likeness (QED) is 0.331. The number of rotatable bonds is 6. The third-order valence-corrected chi connectivity index (χ3v) is 5.27. The summed E-state index contributed by atoms with van der Waals surface area (Å²) in [5, 5.41) is 25.0. The van der Waals surface area contributed by atoms with Crippen LogP contribution in [0.4, 0.5) is 5.82 Å². The summed E-state index contributed by atoms with van der Waals surface area (Å²) >= 11 is 0. The van der Waals surface area contributed by atoms with Gasteiger partial charge >= 0.3 is 5.91 Å². The number of anilines is 1. The largest absolute Gasteiger partial charge is 0.507 e. The number of amides is 1. The topological polar surface area (TPSA) is 122 Å². The molecule has 4 rings (SSSR count). The van der Waals surface area contributed by atoms with Crippen molar-refractivity contribution < 1.29 is 33.8 Å². The zero-order valence-electron chi connectivity index (χ0n) is 18.2. The van der Waals surface area contributed by atoms with E-state index in [9.17, 15) is 19.8 Å². The van der Waals surface area contributed by atoms with Gasteiger partial charge in [0.1, 0.15) is 17.3 Å². The van der Waals surface area contributed by atoms with Crippen LogP contribution in [0.2, 0.25) is 0 Å². The highest BCUT2D eigenvalue weighted by Gasteiger charge is 2.48. The molecule has 1 fully saturated rings. The molecule has 2 heterocycles. The lowest BCUT2D eigenvalue weighted by Gasteiger charge is -2.23. The molecular formula is C24H22N2O7. The van der Waals surface area contributed by atoms with Crippen LogP contribution in [-0.2, 0) is 9.59 Å². The molecule has 0 radical (unpaired) electrons. The van der Waals surface area contributed by atoms with E-state index in [0.29, 0.717) is 29.2 Å². The molecular weight excluding hydrogens is 428 g/mol. The van der Waals surface area contributed by atoms with Crippen molar-refractivity contribution in [1.29, 1.82) is 0 Å². The van der Waals surface area contributed by atoms with Crippen LogP contribution >= 0.6 is 0 Å². The van der Waals surface area contributed by atoms with Gasteiger partial charge in [0.25, 0.3) is 5.78 Å². The van der Waals surface area contributed by atoms with Crippen LogP contribution < -0.4 is 14.4 Å². The molecule has 0 unspecified atom stereocenters. The third kappa shape index (κ3) is 3.89. The molecule has 0 aliphatic carbocycles. The first-order valence-corrected chi connectivity index (χ1v) is 10.2. The molecule has 2 aromatic carbocycles. The van der Waals surface area contributed by atoms with E-state index in [-0.39, 0.29) is 28.6 Å². The summed E-state index contributed by atoms with van der Waals surface area (Å²) in [7, 11) is 1.39. The average molecular weight is 450 g/mol. The zero-order valence-corrected chi connectivity index (χ0v) is 18.2. The van der Waals surface area contributed by atoms with Gasteiger partial charge in [-0.15, -0.1) is 0 Å². The first kappa shape index (κ1) is 21.9. The molecule has 9 nitrogen and oxygen atoms in total. The summed E-state index contributed by atoms with van der Waals surface area (Å²) in [5.41, 5.74) is 0.637. The molecule has 33 heavy (non-hydrogen) atoms. The van der Waals surface area contributed by atoms with Gasteiger partial charge in [0, 0.05) is 11.6 Å². The SMILES string of the molecule is CCOc1ccc(C(O)=C2C(=O)C(=O)N(c3cc(C)on3)[C@@H]2c2ccc(O)c(OC)c2)cc1. The number of nitrogens with zero attached hydrogens (tertiary/aromatic N) is 2. The van der Waals surface area contributed by atoms with Crippen LogP contribution in [0.5, 0.6) is 17.2 Å². The number of Topliss-reactive ketones (excluding diaryl/α,β-unsaturated/α-hetero) is 1. The number of aromatic nitrogens is 1. The van der Waals surface area contributed by atoms with Crippen molar-refractivity contribution in [2.24, 2.45) is 0 Å². The number of aromatic hydroxyl groups is 1. The molecule has 0 spiro atoms. The van der Waals surface area contributed by atoms with Crippen LogP contribution in [0, 0.1) is 6.92 Å². The third-order valence-electron chi connectivity index (χ3n) is 5.27. The Kier molecular flexibility index (Phi) is 5.78. The highest BCUT2D eigenvalue weighted by Crippen LogP contribution is 2.43. The van der Waals surface area contributed by atoms with Gasteiger partial charge in [0.15, 0.2) is 17.3 Å². The summed E-state index contributed by atoms with van der Waals surface area (Å²) < 4.78 is 15.7. The molecule has 3 aromatic rings. The van der Waals surface area contributed by atoms with E-state index in [1.165, 1.54) is 25.3 Å². The minimum absolute atomic E-state index is 0.109. The summed E-state index contributed by atoms with van der Waals surface area (Å²) in [6, 6.07) is 11.4. The highest BCUT2D eigenvalue weighted by atomic mass is 16.5. The van der Waals surface area contributed by atoms with Crippen molar-refractivity contribution in [1.82, 2.24) is 5.16 Å². The molecule has 0 bridgehead atoms. The van der Waals surface area contributed by atoms with Crippen molar-refractivity contribution in [2.45, 2.75) is 19.9 Å². The Morgan fingerprint density at radius 1 is 1.15 bits per heavy atom. The molecule has 1 aliphatic heterocycles. The average Bonchev–Trinajstić information content (AvgIpc) is 3.35. The number of aliphatic hydroxyl groups excluding tert-OH is 1. The van der Waals surface area contributed by atoms with Crippen molar-refractivity contribution in [3.05, 3.63) is 71.0 Å². The van der Waals surface area contributed by atoms with Crippen molar-refractivity contribution in [3.8, 4) is 17.2 Å². The molecule has 1 amide bonds. The van der Waals surface area contributed by atoms with Gasteiger partial charge < -0.3 is 24.2 Å². The van der Waals surface area contributed by atoms with Crippen LogP contribution in [0.1, 0.15) is 29.9 Å². The number of aliphatic hydroxyl groups is 1. The lowest BCUT2D eigenvalue weighted by atomic mass is 9.95. The lowest BCUT2D eigenvalue weighted by Crippen LogP contribution is -2.29. The summed E-state index contributed by atoms with van der Waals surface area (Å²) in [5.74, 6) is -0.884. The second-order valence-electron chi connectivity index (χ2n) is 7.35. The summed E-state index contributed by atoms with van der Waals surface area (Å²) in [4.78, 5) is 27.3. The van der Waals surface area contributed by atoms with Gasteiger partial charge in [0.05, 0.1) is 25.3 Å². The van der Waals surface area contributed by atoms with E-state index in [4.69, 9.17) is 14.0 Å². The van der Waals surface area contributed by atoms with Gasteiger partial charge in [-0.25, -0.2) is 0 Å². The number of phenolic OH excluding ortho intramolecular Hbond substituents is 1. The van der Waals surface area contributed by atoms with Crippen LogP contribution in [-0.4, -0.2) is 40.8 Å². The smallest absolute Gasteiger partial charge is 0.301 e. The van der Waals surface area contributed by atoms with Crippen molar-refractivity contribution in [2.75, 3.05) is 18.6 Å². The van der Waals surface area contributed by atoms with E-state index in [0.717, 1.165) is 4.90 Å². The fourth-order valence-electron chi connectivity index (χ4n) is 3.75. The number of carbonyl (C=O) groups excluding carboxylic acids is 2. The zero-order chi connectivity index (χ0) is 23.7. The van der Waals surface area contributed by atoms with E-state index in [1.54, 1.807) is 37.3 Å². The fourth-order valence-corrected chi connectivity index (χ4v) is 3.75. The number of hydrogen-bond acceptors (Lipinski definition) is 8. The number of benzene rings is 2. The minimum atomic E-state index is -1.03. The molecule has 1 aromatic heterocycles. The van der Waals surface area contributed by atoms with Crippen molar-refractivity contribution >= 4 is 23.3 Å². The number of ketones is 1. The number of aryl methyl sites for hydroxylation is 1. The Bertz CT molecular complexity index is 1240. The summed E-state index contributed by atoms with van der Waals surface area (Å²) in [6.07, 6.45) is 0. The molecule has 1 atom stereocenters. The maximum atomic E-state index is 13.1. The Morgan fingerprint density at radius 2 is 1.88 bits per heavy atom. The van der Waals surface area contributed by atoms with Gasteiger partial charge in [-0.2, -0.15) is 0 Å². The second-order valence-corrected chi connectivity index (χ2v) is 7.35. The van der Waals surface area contributed by atoms with Gasteiger partial charge in [-0.05, 0) is 55.8 Å². The van der Waals surface area contributed by atoms with Crippen LogP contribution in [0.3, 0.4) is 0 Å². The highest BCUT2D eigenvalue weighted by molar-refractivity contribution is 6.51. The minimum Gasteiger partial charge on any atom is -0.507 e. The van der Waals surface area contributed by atoms with E-state index < -0.39 is 17.7 Å². The first-order valence-electron chi connectivity index (χ1n) is 10.2. The van der Waals surface area contributed by atoms with Crippen molar-refractivity contribution in [3.63, 3.8) is 0 Å². The predicted octanol–water partition coefficient (Wildman–Crippen LogP) is 3.72. The predicted molar refractivity (Wildman–Crippen MR) is 118 cm³/mol. The van der Waals surface area contributed by atoms with Gasteiger partial charge in [-0.3, -0.25) is 14.5 Å². The molecule has 9 heteroatoms. The summed E-state index contributed by atoms with van der Waals surface area (Å²) in [6.45, 7) is 3.99.